The summed E-state index contributed by atoms with van der Waals surface area (Å²) in [6.45, 7) is 9.59. The first-order valence-corrected chi connectivity index (χ1v) is 9.61. The van der Waals surface area contributed by atoms with Crippen molar-refractivity contribution in [1.29, 1.82) is 0 Å². The number of nitrogens with zero attached hydrogens (tertiary/aromatic N) is 1. The molecule has 1 aliphatic heterocycles. The molecule has 1 aromatic rings. The SMILES string of the molecule is CC[C@@H]1CN(S(=O)(=O)C(C)C)CC[C@H]1NCc1occc1C. The van der Waals surface area contributed by atoms with Crippen LogP contribution in [0, 0.1) is 12.8 Å². The molecule has 2 atom stereocenters. The van der Waals surface area contributed by atoms with Crippen molar-refractivity contribution < 1.29 is 12.8 Å². The standard InChI is InChI=1S/C16H28N2O3S/c1-5-14-11-18(22(19,20)12(2)3)8-6-15(14)17-10-16-13(4)7-9-21-16/h7,9,12,14-15,17H,5-6,8,10-11H2,1-4H3/t14-,15-/m1/s1. The van der Waals surface area contributed by atoms with Crippen molar-refractivity contribution in [2.24, 2.45) is 5.92 Å². The van der Waals surface area contributed by atoms with Crippen molar-refractivity contribution >= 4 is 10.0 Å². The van der Waals surface area contributed by atoms with Crippen LogP contribution in [0.4, 0.5) is 0 Å². The molecule has 1 saturated heterocycles. The summed E-state index contributed by atoms with van der Waals surface area (Å²) in [6, 6.07) is 2.31. The van der Waals surface area contributed by atoms with E-state index in [1.807, 2.05) is 13.0 Å². The van der Waals surface area contributed by atoms with Crippen LogP contribution in [0.25, 0.3) is 0 Å². The number of sulfonamides is 1. The Morgan fingerprint density at radius 1 is 1.45 bits per heavy atom. The second kappa shape index (κ2) is 7.15. The lowest BCUT2D eigenvalue weighted by Gasteiger charge is -2.38. The molecule has 1 aliphatic rings. The summed E-state index contributed by atoms with van der Waals surface area (Å²) in [4.78, 5) is 0. The lowest BCUT2D eigenvalue weighted by molar-refractivity contribution is 0.197. The van der Waals surface area contributed by atoms with E-state index in [-0.39, 0.29) is 5.25 Å². The van der Waals surface area contributed by atoms with E-state index in [1.54, 1.807) is 24.4 Å². The van der Waals surface area contributed by atoms with Crippen LogP contribution in [-0.4, -0.2) is 37.1 Å². The Bertz CT molecular complexity index is 580. The van der Waals surface area contributed by atoms with Gasteiger partial charge in [-0.05, 0) is 44.7 Å². The number of hydrogen-bond donors (Lipinski definition) is 1. The van der Waals surface area contributed by atoms with Gasteiger partial charge in [0, 0.05) is 19.1 Å². The maximum Gasteiger partial charge on any atom is 0.216 e. The smallest absolute Gasteiger partial charge is 0.216 e. The molecule has 0 saturated carbocycles. The lowest BCUT2D eigenvalue weighted by atomic mass is 9.91. The Balaban J connectivity index is 1.97. The molecule has 6 heteroatoms. The highest BCUT2D eigenvalue weighted by molar-refractivity contribution is 7.89. The summed E-state index contributed by atoms with van der Waals surface area (Å²) in [7, 11) is -3.14. The van der Waals surface area contributed by atoms with Gasteiger partial charge in [-0.25, -0.2) is 12.7 Å². The van der Waals surface area contributed by atoms with Crippen molar-refractivity contribution in [2.75, 3.05) is 13.1 Å². The van der Waals surface area contributed by atoms with Crippen LogP contribution in [-0.2, 0) is 16.6 Å². The molecule has 22 heavy (non-hydrogen) atoms. The first-order valence-electron chi connectivity index (χ1n) is 8.11. The van der Waals surface area contributed by atoms with Crippen LogP contribution in [0.15, 0.2) is 16.7 Å². The van der Waals surface area contributed by atoms with Gasteiger partial charge in [0.25, 0.3) is 0 Å². The van der Waals surface area contributed by atoms with Crippen LogP contribution in [0.1, 0.15) is 44.9 Å². The third-order valence-electron chi connectivity index (χ3n) is 4.67. The Morgan fingerprint density at radius 2 is 2.18 bits per heavy atom. The number of rotatable bonds is 6. The molecular weight excluding hydrogens is 300 g/mol. The van der Waals surface area contributed by atoms with Gasteiger partial charge < -0.3 is 9.73 Å². The topological polar surface area (TPSA) is 62.6 Å². The van der Waals surface area contributed by atoms with Crippen molar-refractivity contribution in [3.8, 4) is 0 Å². The molecule has 0 unspecified atom stereocenters. The monoisotopic (exact) mass is 328 g/mol. The van der Waals surface area contributed by atoms with E-state index >= 15 is 0 Å². The summed E-state index contributed by atoms with van der Waals surface area (Å²) in [6.07, 6.45) is 3.53. The zero-order valence-corrected chi connectivity index (χ0v) is 14.8. The van der Waals surface area contributed by atoms with E-state index in [0.717, 1.165) is 24.2 Å². The van der Waals surface area contributed by atoms with Gasteiger partial charge in [-0.1, -0.05) is 13.3 Å². The largest absolute Gasteiger partial charge is 0.468 e. The highest BCUT2D eigenvalue weighted by Crippen LogP contribution is 2.24. The van der Waals surface area contributed by atoms with Gasteiger partial charge in [0.2, 0.25) is 10.0 Å². The summed E-state index contributed by atoms with van der Waals surface area (Å²) < 4.78 is 31.8. The molecule has 126 valence electrons. The Labute approximate surface area is 134 Å². The minimum Gasteiger partial charge on any atom is -0.468 e. The number of piperidine rings is 1. The molecule has 0 spiro atoms. The van der Waals surface area contributed by atoms with Gasteiger partial charge in [0.05, 0.1) is 18.1 Å². The Kier molecular flexibility index (Phi) is 5.69. The first-order chi connectivity index (χ1) is 10.4. The molecule has 0 aliphatic carbocycles. The molecule has 0 aromatic carbocycles. The molecular formula is C16H28N2O3S. The van der Waals surface area contributed by atoms with Crippen molar-refractivity contribution in [3.05, 3.63) is 23.7 Å². The maximum atomic E-state index is 12.3. The Hall–Kier alpha value is -0.850. The van der Waals surface area contributed by atoms with E-state index < -0.39 is 10.0 Å². The number of aryl methyl sites for hydroxylation is 1. The van der Waals surface area contributed by atoms with Crippen LogP contribution in [0.5, 0.6) is 0 Å². The second-order valence-electron chi connectivity index (χ2n) is 6.42. The van der Waals surface area contributed by atoms with Gasteiger partial charge >= 0.3 is 0 Å². The normalized spacial score (nSPS) is 24.0. The van der Waals surface area contributed by atoms with Crippen LogP contribution in [0.3, 0.4) is 0 Å². The van der Waals surface area contributed by atoms with Crippen LogP contribution < -0.4 is 5.32 Å². The summed E-state index contributed by atoms with van der Waals surface area (Å²) >= 11 is 0. The van der Waals surface area contributed by atoms with E-state index in [4.69, 9.17) is 4.42 Å². The van der Waals surface area contributed by atoms with Crippen molar-refractivity contribution in [1.82, 2.24) is 9.62 Å². The summed E-state index contributed by atoms with van der Waals surface area (Å²) in [5.74, 6) is 1.31. The van der Waals surface area contributed by atoms with E-state index in [0.29, 0.717) is 31.6 Å². The number of nitrogens with one attached hydrogen (secondary N) is 1. The number of furan rings is 1. The predicted octanol–water partition coefficient (Wildman–Crippen LogP) is 2.52. The average Bonchev–Trinajstić information content (AvgIpc) is 2.90. The fourth-order valence-electron chi connectivity index (χ4n) is 3.02. The second-order valence-corrected chi connectivity index (χ2v) is 8.91. The van der Waals surface area contributed by atoms with Gasteiger partial charge in [-0.3, -0.25) is 0 Å². The van der Waals surface area contributed by atoms with Gasteiger partial charge in [0.1, 0.15) is 5.76 Å². The zero-order chi connectivity index (χ0) is 16.3. The van der Waals surface area contributed by atoms with Crippen molar-refractivity contribution in [2.45, 2.75) is 58.4 Å². The van der Waals surface area contributed by atoms with E-state index in [1.165, 1.54) is 0 Å². The van der Waals surface area contributed by atoms with Crippen LogP contribution in [0.2, 0.25) is 0 Å². The molecule has 2 heterocycles. The lowest BCUT2D eigenvalue weighted by Crippen LogP contribution is -2.51. The highest BCUT2D eigenvalue weighted by Gasteiger charge is 2.35. The minimum atomic E-state index is -3.14. The molecule has 5 nitrogen and oxygen atoms in total. The van der Waals surface area contributed by atoms with Crippen LogP contribution >= 0.6 is 0 Å². The summed E-state index contributed by atoms with van der Waals surface area (Å²) in [5.41, 5.74) is 1.15. The first kappa shape index (κ1) is 17.5. The van der Waals surface area contributed by atoms with Gasteiger partial charge in [0.15, 0.2) is 0 Å². The fraction of sp³-hybridized carbons (Fsp3) is 0.750. The molecule has 1 N–H and O–H groups in total. The van der Waals surface area contributed by atoms with E-state index in [9.17, 15) is 8.42 Å². The maximum absolute atomic E-state index is 12.3. The van der Waals surface area contributed by atoms with E-state index in [2.05, 4.69) is 12.2 Å². The highest BCUT2D eigenvalue weighted by atomic mass is 32.2. The zero-order valence-electron chi connectivity index (χ0n) is 14.0. The average molecular weight is 328 g/mol. The fourth-order valence-corrected chi connectivity index (χ4v) is 4.37. The summed E-state index contributed by atoms with van der Waals surface area (Å²) in [5, 5.41) is 3.20. The third-order valence-corrected chi connectivity index (χ3v) is 6.91. The molecule has 0 amide bonds. The third kappa shape index (κ3) is 3.73. The number of hydrogen-bond acceptors (Lipinski definition) is 4. The molecule has 0 bridgehead atoms. The quantitative estimate of drug-likeness (QED) is 0.871. The van der Waals surface area contributed by atoms with Gasteiger partial charge in [-0.2, -0.15) is 0 Å². The molecule has 1 aromatic heterocycles. The molecule has 0 radical (unpaired) electrons. The minimum absolute atomic E-state index is 0.341. The predicted molar refractivity (Wildman–Crippen MR) is 88.1 cm³/mol. The molecule has 2 rings (SSSR count). The van der Waals surface area contributed by atoms with Gasteiger partial charge in [-0.15, -0.1) is 0 Å². The van der Waals surface area contributed by atoms with Crippen molar-refractivity contribution in [3.63, 3.8) is 0 Å². The Morgan fingerprint density at radius 3 is 2.73 bits per heavy atom. The molecule has 1 fully saturated rings.